The van der Waals surface area contributed by atoms with Crippen LogP contribution < -0.4 is 0 Å². The molecule has 0 saturated carbocycles. The smallest absolute Gasteiger partial charge is 0.135 e. The number of hydrogen-bond acceptors (Lipinski definition) is 3. The number of nitrogens with zero attached hydrogens (tertiary/aromatic N) is 2. The molecule has 0 saturated heterocycles. The Balaban J connectivity index is 0.000000194. The predicted octanol–water partition coefficient (Wildman–Crippen LogP) is 12.8. The summed E-state index contributed by atoms with van der Waals surface area (Å²) in [7, 11) is 0. The predicted molar refractivity (Wildman–Crippen MR) is 213 cm³/mol. The molecule has 0 aliphatic carbocycles. The van der Waals surface area contributed by atoms with Crippen molar-refractivity contribution in [2.24, 2.45) is 0 Å². The topological polar surface area (TPSA) is 38.9 Å². The molecule has 0 amide bonds. The van der Waals surface area contributed by atoms with Crippen molar-refractivity contribution in [3.8, 4) is 67.2 Å². The molecule has 9 rings (SSSR count). The normalized spacial score (nSPS) is 10.6. The Hall–Kier alpha value is -6.19. The summed E-state index contributed by atoms with van der Waals surface area (Å²) < 4.78 is 6.15. The van der Waals surface area contributed by atoms with Gasteiger partial charge in [0.1, 0.15) is 11.3 Å². The zero-order chi connectivity index (χ0) is 35.1. The number of rotatable bonds is 6. The fourth-order valence-electron chi connectivity index (χ4n) is 6.39. The summed E-state index contributed by atoms with van der Waals surface area (Å²) >= 11 is 0. The Morgan fingerprint density at radius 2 is 1.17 bits per heavy atom. The van der Waals surface area contributed by atoms with Gasteiger partial charge >= 0.3 is 0 Å². The molecule has 0 bridgehead atoms. The average Bonchev–Trinajstić information content (AvgIpc) is 3.66. The van der Waals surface area contributed by atoms with Crippen molar-refractivity contribution >= 4 is 11.0 Å². The Morgan fingerprint density at radius 3 is 1.87 bits per heavy atom. The van der Waals surface area contributed by atoms with Crippen LogP contribution in [0.25, 0.3) is 78.2 Å². The zero-order valence-corrected chi connectivity index (χ0v) is 31.4. The average molecular weight is 859 g/mol. The summed E-state index contributed by atoms with van der Waals surface area (Å²) in [5, 5.41) is 1.08. The number of fused-ring (bicyclic) bond motifs is 1. The third kappa shape index (κ3) is 8.00. The Labute approximate surface area is 324 Å². The number of furan rings is 1. The van der Waals surface area contributed by atoms with Crippen LogP contribution in [0.1, 0.15) is 5.56 Å². The molecule has 0 spiro atoms. The number of aromatic nitrogens is 2. The molecule has 3 nitrogen and oxygen atoms in total. The first-order chi connectivity index (χ1) is 25.7. The second kappa shape index (κ2) is 16.4. The SMILES string of the molecule is Cc1ccnc(-c2[c-]cc(-c3ccccc3)c(-c3ccc4oc(-c5ccccc5)cc4c3)c2)c1.[Ir].[c-]1cccc(-c2ccccc2)c1-c1ccccn1. The monoisotopic (exact) mass is 859 g/mol. The molecule has 0 atom stereocenters. The van der Waals surface area contributed by atoms with Crippen LogP contribution in [0.5, 0.6) is 0 Å². The number of pyridine rings is 2. The Bertz CT molecular complexity index is 2510. The zero-order valence-electron chi connectivity index (χ0n) is 29.0. The standard InChI is InChI=1S/C32H22NO.C17H12N.Ir/c1-22-16-17-33-30(18-22)26-12-14-28(23-8-4-2-5-9-23)29(20-26)25-13-15-31-27(19-25)21-32(34-31)24-10-6-3-7-11-24;1-2-8-14(9-3-1)15-10-4-5-11-16(15)17-12-6-7-13-18-17;/h2-11,13-21H,1H3;1-10,12-13H;/q2*-1;. The minimum Gasteiger partial charge on any atom is -0.456 e. The molecular weight excluding hydrogens is 825 g/mol. The maximum absolute atomic E-state index is 6.15. The van der Waals surface area contributed by atoms with Gasteiger partial charge in [0, 0.05) is 43.4 Å². The molecule has 0 unspecified atom stereocenters. The minimum absolute atomic E-state index is 0. The molecule has 257 valence electrons. The first kappa shape index (κ1) is 35.2. The summed E-state index contributed by atoms with van der Waals surface area (Å²) in [6, 6.07) is 66.7. The van der Waals surface area contributed by atoms with E-state index in [4.69, 9.17) is 4.42 Å². The summed E-state index contributed by atoms with van der Waals surface area (Å²) in [4.78, 5) is 8.99. The molecule has 4 heteroatoms. The molecule has 0 N–H and O–H groups in total. The van der Waals surface area contributed by atoms with Crippen molar-refractivity contribution in [1.29, 1.82) is 0 Å². The molecule has 0 aliphatic heterocycles. The van der Waals surface area contributed by atoms with Gasteiger partial charge < -0.3 is 14.4 Å². The second-order valence-electron chi connectivity index (χ2n) is 12.5. The van der Waals surface area contributed by atoms with E-state index in [0.29, 0.717) is 0 Å². The second-order valence-corrected chi connectivity index (χ2v) is 12.5. The quantitative estimate of drug-likeness (QED) is 0.156. The van der Waals surface area contributed by atoms with E-state index < -0.39 is 0 Å². The van der Waals surface area contributed by atoms with Crippen molar-refractivity contribution in [2.75, 3.05) is 0 Å². The van der Waals surface area contributed by atoms with Gasteiger partial charge in [0.25, 0.3) is 0 Å². The largest absolute Gasteiger partial charge is 0.456 e. The van der Waals surface area contributed by atoms with Crippen molar-refractivity contribution in [3.63, 3.8) is 0 Å². The summed E-state index contributed by atoms with van der Waals surface area (Å²) in [6.45, 7) is 2.08. The fourth-order valence-corrected chi connectivity index (χ4v) is 6.39. The van der Waals surface area contributed by atoms with Crippen LogP contribution in [0.2, 0.25) is 0 Å². The summed E-state index contributed by atoms with van der Waals surface area (Å²) in [5.41, 5.74) is 14.0. The number of aryl methyl sites for hydroxylation is 1. The first-order valence-electron chi connectivity index (χ1n) is 17.3. The van der Waals surface area contributed by atoms with E-state index in [1.807, 2.05) is 91.3 Å². The van der Waals surface area contributed by atoms with E-state index >= 15 is 0 Å². The molecule has 9 aromatic rings. The van der Waals surface area contributed by atoms with Gasteiger partial charge in [-0.25, -0.2) is 0 Å². The molecular formula is C49H34IrN2O-2. The van der Waals surface area contributed by atoms with E-state index in [1.54, 1.807) is 0 Å². The van der Waals surface area contributed by atoms with E-state index in [0.717, 1.165) is 72.6 Å². The van der Waals surface area contributed by atoms with Gasteiger partial charge in [-0.1, -0.05) is 149 Å². The van der Waals surface area contributed by atoms with Crippen LogP contribution in [-0.2, 0) is 20.1 Å². The fraction of sp³-hybridized carbons (Fsp3) is 0.0204. The van der Waals surface area contributed by atoms with E-state index in [1.165, 1.54) is 11.1 Å². The molecule has 3 heterocycles. The Morgan fingerprint density at radius 1 is 0.491 bits per heavy atom. The van der Waals surface area contributed by atoms with Gasteiger partial charge in [-0.15, -0.1) is 53.6 Å². The summed E-state index contributed by atoms with van der Waals surface area (Å²) in [5.74, 6) is 0.877. The van der Waals surface area contributed by atoms with Gasteiger partial charge in [0.15, 0.2) is 0 Å². The van der Waals surface area contributed by atoms with Crippen LogP contribution in [0.15, 0.2) is 193 Å². The maximum atomic E-state index is 6.15. The van der Waals surface area contributed by atoms with Gasteiger partial charge in [-0.2, -0.15) is 0 Å². The molecule has 53 heavy (non-hydrogen) atoms. The van der Waals surface area contributed by atoms with Crippen LogP contribution >= 0.6 is 0 Å². The van der Waals surface area contributed by atoms with Crippen molar-refractivity contribution in [2.45, 2.75) is 6.92 Å². The van der Waals surface area contributed by atoms with Gasteiger partial charge in [0.2, 0.25) is 0 Å². The first-order valence-corrected chi connectivity index (χ1v) is 17.3. The van der Waals surface area contributed by atoms with Gasteiger partial charge in [-0.05, 0) is 54.2 Å². The number of benzene rings is 6. The van der Waals surface area contributed by atoms with Gasteiger partial charge in [-0.3, -0.25) is 0 Å². The summed E-state index contributed by atoms with van der Waals surface area (Å²) in [6.07, 6.45) is 3.66. The van der Waals surface area contributed by atoms with Crippen molar-refractivity contribution in [3.05, 3.63) is 206 Å². The molecule has 0 aliphatic rings. The van der Waals surface area contributed by atoms with Crippen LogP contribution in [-0.4, -0.2) is 9.97 Å². The third-order valence-corrected chi connectivity index (χ3v) is 8.97. The Kier molecular flexibility index (Phi) is 10.9. The maximum Gasteiger partial charge on any atom is 0.135 e. The van der Waals surface area contributed by atoms with E-state index in [-0.39, 0.29) is 20.1 Å². The van der Waals surface area contributed by atoms with Gasteiger partial charge in [0.05, 0.1) is 0 Å². The molecule has 3 aromatic heterocycles. The van der Waals surface area contributed by atoms with Crippen LogP contribution in [0, 0.1) is 19.1 Å². The van der Waals surface area contributed by atoms with Crippen LogP contribution in [0.3, 0.4) is 0 Å². The van der Waals surface area contributed by atoms with E-state index in [9.17, 15) is 0 Å². The molecule has 1 radical (unpaired) electrons. The van der Waals surface area contributed by atoms with Crippen LogP contribution in [0.4, 0.5) is 0 Å². The molecule has 0 fully saturated rings. The van der Waals surface area contributed by atoms with Crippen molar-refractivity contribution in [1.82, 2.24) is 9.97 Å². The third-order valence-electron chi connectivity index (χ3n) is 8.97. The molecule has 6 aromatic carbocycles. The van der Waals surface area contributed by atoms with E-state index in [2.05, 4.69) is 126 Å². The number of hydrogen-bond donors (Lipinski definition) is 0. The minimum atomic E-state index is 0. The van der Waals surface area contributed by atoms with Crippen molar-refractivity contribution < 1.29 is 24.5 Å².